The van der Waals surface area contributed by atoms with E-state index in [2.05, 4.69) is 5.32 Å². The summed E-state index contributed by atoms with van der Waals surface area (Å²) in [6, 6.07) is 8.97. The molecule has 2 aromatic carbocycles. The normalized spacial score (nSPS) is 13.6. The van der Waals surface area contributed by atoms with E-state index in [0.717, 1.165) is 16.4 Å². The van der Waals surface area contributed by atoms with Gasteiger partial charge in [0, 0.05) is 32.1 Å². The van der Waals surface area contributed by atoms with Gasteiger partial charge in [0.15, 0.2) is 0 Å². The minimum absolute atomic E-state index is 0.0234. The van der Waals surface area contributed by atoms with Crippen LogP contribution in [0, 0.1) is 5.82 Å². The first-order valence-electron chi connectivity index (χ1n) is 12.6. The van der Waals surface area contributed by atoms with E-state index in [1.165, 1.54) is 13.1 Å². The first-order valence-corrected chi connectivity index (χ1v) is 14.0. The summed E-state index contributed by atoms with van der Waals surface area (Å²) in [5, 5.41) is 22.4. The number of nitrogens with zero attached hydrogens (tertiary/aromatic N) is 1. The highest BCUT2D eigenvalue weighted by molar-refractivity contribution is 7.89. The molecule has 0 bridgehead atoms. The fourth-order valence-electron chi connectivity index (χ4n) is 4.11. The predicted octanol–water partition coefficient (Wildman–Crippen LogP) is 4.62. The molecule has 0 radical (unpaired) electrons. The number of hydrogen-bond acceptors (Lipinski definition) is 5. The quantitative estimate of drug-likeness (QED) is 0.267. The number of aliphatic hydroxyl groups excluding tert-OH is 1. The summed E-state index contributed by atoms with van der Waals surface area (Å²) in [5.74, 6) is -1.37. The molecule has 39 heavy (non-hydrogen) atoms. The van der Waals surface area contributed by atoms with Gasteiger partial charge in [0.1, 0.15) is 5.82 Å². The standard InChI is InChI=1S/C27H36F4N2O5S/c1-26(2,13-7-10-20-9-4-5-11-24(20)28)32-17-22(34)18-33(3)39(37,38)23-15-19(8-6-12-25(35)36)14-21(16-23)27(29,30)31/h4-5,9,11,14-16,22,32,34H,6-8,10,12-13,17-18H2,1-3H3,(H,35,36). The lowest BCUT2D eigenvalue weighted by Crippen LogP contribution is -2.46. The number of carbonyl (C=O) groups is 1. The van der Waals surface area contributed by atoms with Gasteiger partial charge in [0.05, 0.1) is 16.6 Å². The molecule has 2 aromatic rings. The molecule has 1 unspecified atom stereocenters. The third kappa shape index (κ3) is 10.5. The van der Waals surface area contributed by atoms with Crippen LogP contribution in [0.15, 0.2) is 47.4 Å². The second kappa shape index (κ2) is 13.7. The summed E-state index contributed by atoms with van der Waals surface area (Å²) in [5.41, 5.74) is -0.936. The number of aliphatic carboxylic acids is 1. The van der Waals surface area contributed by atoms with Gasteiger partial charge in [-0.1, -0.05) is 18.2 Å². The van der Waals surface area contributed by atoms with Gasteiger partial charge < -0.3 is 15.5 Å². The smallest absolute Gasteiger partial charge is 0.416 e. The van der Waals surface area contributed by atoms with Crippen molar-refractivity contribution in [3.8, 4) is 0 Å². The lowest BCUT2D eigenvalue weighted by Gasteiger charge is -2.29. The van der Waals surface area contributed by atoms with Crippen molar-refractivity contribution < 1.29 is 41.0 Å². The fraction of sp³-hybridized carbons (Fsp3) is 0.519. The van der Waals surface area contributed by atoms with Crippen LogP contribution in [0.3, 0.4) is 0 Å². The number of nitrogens with one attached hydrogen (secondary N) is 1. The summed E-state index contributed by atoms with van der Waals surface area (Å²) in [6.07, 6.45) is -4.35. The average Bonchev–Trinajstić information content (AvgIpc) is 2.83. The molecule has 0 aromatic heterocycles. The van der Waals surface area contributed by atoms with E-state index in [0.29, 0.717) is 30.9 Å². The van der Waals surface area contributed by atoms with E-state index in [1.807, 2.05) is 13.8 Å². The number of carboxylic acids is 1. The third-order valence-electron chi connectivity index (χ3n) is 6.35. The number of aliphatic hydroxyl groups is 1. The first kappa shape index (κ1) is 32.7. The van der Waals surface area contributed by atoms with Crippen molar-refractivity contribution in [2.75, 3.05) is 20.1 Å². The van der Waals surface area contributed by atoms with Gasteiger partial charge in [0.2, 0.25) is 10.0 Å². The maximum absolute atomic E-state index is 13.8. The van der Waals surface area contributed by atoms with Crippen LogP contribution < -0.4 is 5.32 Å². The van der Waals surface area contributed by atoms with Gasteiger partial charge in [-0.15, -0.1) is 0 Å². The molecule has 218 valence electrons. The van der Waals surface area contributed by atoms with Crippen LogP contribution in [0.2, 0.25) is 0 Å². The SMILES string of the molecule is CN(CC(O)CNC(C)(C)CCCc1ccccc1F)S(=O)(=O)c1cc(CCCC(=O)O)cc(C(F)(F)F)c1. The van der Waals surface area contributed by atoms with Crippen LogP contribution >= 0.6 is 0 Å². The molecule has 0 aliphatic heterocycles. The number of benzene rings is 2. The molecule has 0 heterocycles. The van der Waals surface area contributed by atoms with E-state index in [4.69, 9.17) is 5.11 Å². The molecule has 7 nitrogen and oxygen atoms in total. The Morgan fingerprint density at radius 3 is 2.36 bits per heavy atom. The van der Waals surface area contributed by atoms with Gasteiger partial charge >= 0.3 is 12.1 Å². The number of β-amino-alcohol motifs (C(OH)–C–C–N with tert-alkyl or cyclic N) is 1. The molecule has 0 saturated heterocycles. The molecule has 1 atom stereocenters. The molecule has 0 aliphatic carbocycles. The number of rotatable bonds is 15. The van der Waals surface area contributed by atoms with Crippen molar-refractivity contribution in [3.63, 3.8) is 0 Å². The maximum atomic E-state index is 13.8. The van der Waals surface area contributed by atoms with Crippen LogP contribution in [-0.2, 0) is 33.8 Å². The summed E-state index contributed by atoms with van der Waals surface area (Å²) in [6.45, 7) is 3.45. The lowest BCUT2D eigenvalue weighted by molar-refractivity contribution is -0.138. The Kier molecular flexibility index (Phi) is 11.5. The molecule has 0 fully saturated rings. The van der Waals surface area contributed by atoms with E-state index < -0.39 is 44.3 Å². The van der Waals surface area contributed by atoms with Gasteiger partial charge in [0.25, 0.3) is 0 Å². The largest absolute Gasteiger partial charge is 0.481 e. The Morgan fingerprint density at radius 1 is 1.08 bits per heavy atom. The predicted molar refractivity (Wildman–Crippen MR) is 139 cm³/mol. The second-order valence-corrected chi connectivity index (χ2v) is 12.3. The van der Waals surface area contributed by atoms with Crippen molar-refractivity contribution in [1.82, 2.24) is 9.62 Å². The van der Waals surface area contributed by atoms with Crippen LogP contribution in [-0.4, -0.2) is 60.7 Å². The molecular formula is C27H36F4N2O5S. The fourth-order valence-corrected chi connectivity index (χ4v) is 5.41. The zero-order chi connectivity index (χ0) is 29.4. The van der Waals surface area contributed by atoms with Crippen LogP contribution in [0.5, 0.6) is 0 Å². The van der Waals surface area contributed by atoms with Crippen LogP contribution in [0.25, 0.3) is 0 Å². The lowest BCUT2D eigenvalue weighted by atomic mass is 9.95. The van der Waals surface area contributed by atoms with E-state index >= 15 is 0 Å². The topological polar surface area (TPSA) is 107 Å². The highest BCUT2D eigenvalue weighted by Gasteiger charge is 2.34. The van der Waals surface area contributed by atoms with Gasteiger partial charge in [-0.3, -0.25) is 4.79 Å². The average molecular weight is 577 g/mol. The summed E-state index contributed by atoms with van der Waals surface area (Å²) >= 11 is 0. The van der Waals surface area contributed by atoms with Gasteiger partial charge in [-0.2, -0.15) is 17.5 Å². The van der Waals surface area contributed by atoms with E-state index in [-0.39, 0.29) is 43.7 Å². The first-order chi connectivity index (χ1) is 18.0. The molecule has 0 spiro atoms. The summed E-state index contributed by atoms with van der Waals surface area (Å²) in [4.78, 5) is 10.2. The minimum Gasteiger partial charge on any atom is -0.481 e. The number of likely N-dealkylation sites (N-methyl/N-ethyl adjacent to an activating group) is 1. The van der Waals surface area contributed by atoms with Crippen molar-refractivity contribution in [2.45, 2.75) is 75.1 Å². The van der Waals surface area contributed by atoms with Crippen molar-refractivity contribution in [1.29, 1.82) is 0 Å². The summed E-state index contributed by atoms with van der Waals surface area (Å²) in [7, 11) is -3.22. The Bertz CT molecular complexity index is 1220. The monoisotopic (exact) mass is 576 g/mol. The zero-order valence-corrected chi connectivity index (χ0v) is 23.1. The maximum Gasteiger partial charge on any atom is 0.416 e. The molecule has 3 N–H and O–H groups in total. The van der Waals surface area contributed by atoms with Crippen molar-refractivity contribution >= 4 is 16.0 Å². The van der Waals surface area contributed by atoms with Gasteiger partial charge in [-0.05, 0) is 81.3 Å². The number of hydrogen-bond donors (Lipinski definition) is 3. The number of carboxylic acid groups (broad SMARTS) is 1. The summed E-state index contributed by atoms with van der Waals surface area (Å²) < 4.78 is 81.1. The minimum atomic E-state index is -4.80. The molecule has 12 heteroatoms. The Hall–Kier alpha value is -2.54. The number of aryl methyl sites for hydroxylation is 2. The third-order valence-corrected chi connectivity index (χ3v) is 8.15. The molecular weight excluding hydrogens is 540 g/mol. The molecule has 2 rings (SSSR count). The Morgan fingerprint density at radius 2 is 1.74 bits per heavy atom. The number of sulfonamides is 1. The molecule has 0 amide bonds. The Balaban J connectivity index is 2.01. The molecule has 0 aliphatic rings. The highest BCUT2D eigenvalue weighted by Crippen LogP contribution is 2.33. The highest BCUT2D eigenvalue weighted by atomic mass is 32.2. The Labute approximate surface area is 226 Å². The second-order valence-electron chi connectivity index (χ2n) is 10.3. The van der Waals surface area contributed by atoms with Crippen LogP contribution in [0.4, 0.5) is 17.6 Å². The zero-order valence-electron chi connectivity index (χ0n) is 22.3. The molecule has 0 saturated carbocycles. The number of halogens is 4. The van der Waals surface area contributed by atoms with Crippen molar-refractivity contribution in [3.05, 3.63) is 65.0 Å². The van der Waals surface area contributed by atoms with E-state index in [9.17, 15) is 35.9 Å². The van der Waals surface area contributed by atoms with E-state index in [1.54, 1.807) is 18.2 Å². The van der Waals surface area contributed by atoms with Gasteiger partial charge in [-0.25, -0.2) is 12.8 Å². The van der Waals surface area contributed by atoms with Crippen LogP contribution in [0.1, 0.15) is 56.2 Å². The number of alkyl halides is 3. The van der Waals surface area contributed by atoms with Crippen molar-refractivity contribution in [2.24, 2.45) is 0 Å².